The van der Waals surface area contributed by atoms with Gasteiger partial charge in [-0.3, -0.25) is 5.01 Å². The SMILES string of the molecule is [CH]N1S[CH-]C(=O)N1[CH].[Rb+].[Rb+]. The van der Waals surface area contributed by atoms with Gasteiger partial charge in [0.15, 0.2) is 0 Å². The van der Waals surface area contributed by atoms with E-state index in [4.69, 9.17) is 14.1 Å². The summed E-state index contributed by atoms with van der Waals surface area (Å²) in [5, 5.41) is 0.824. The van der Waals surface area contributed by atoms with Crippen LogP contribution in [-0.2, 0) is 4.79 Å². The Labute approximate surface area is 163 Å². The Morgan fingerprint density at radius 3 is 2.00 bits per heavy atom. The van der Waals surface area contributed by atoms with Gasteiger partial charge in [-0.2, -0.15) is 4.41 Å². The molecule has 1 amide bonds. The van der Waals surface area contributed by atoms with Crippen molar-refractivity contribution in [1.82, 2.24) is 9.42 Å². The third-order valence-electron chi connectivity index (χ3n) is 0.700. The van der Waals surface area contributed by atoms with E-state index in [1.165, 1.54) is 5.75 Å². The summed E-state index contributed by atoms with van der Waals surface area (Å²) in [7, 11) is 10.2. The molecule has 3 nitrogen and oxygen atoms in total. The fourth-order valence-corrected chi connectivity index (χ4v) is 0.789. The van der Waals surface area contributed by atoms with Gasteiger partial charge in [-0.05, 0) is 0 Å². The van der Waals surface area contributed by atoms with Crippen molar-refractivity contribution in [2.24, 2.45) is 0 Å². The number of hydrogen-bond donors (Lipinski definition) is 0. The molecule has 0 saturated carbocycles. The smallest absolute Gasteiger partial charge is 0.309 e. The Hall–Kier alpha value is 3.26. The molecule has 1 heterocycles. The number of nitrogens with zero attached hydrogens (tertiary/aromatic N) is 2. The minimum absolute atomic E-state index is 0. The first-order chi connectivity index (χ1) is 3.72. The van der Waals surface area contributed by atoms with Crippen LogP contribution in [0.25, 0.3) is 0 Å². The minimum Gasteiger partial charge on any atom is -0.309 e. The average Bonchev–Trinajstić information content (AvgIpc) is 1.98. The van der Waals surface area contributed by atoms with Crippen LogP contribution in [0.15, 0.2) is 0 Å². The summed E-state index contributed by atoms with van der Waals surface area (Å²) in [6.07, 6.45) is 0. The molecule has 42 valence electrons. The van der Waals surface area contributed by atoms with Crippen LogP contribution in [0.5, 0.6) is 0 Å². The maximum Gasteiger partial charge on any atom is 1.00 e. The van der Waals surface area contributed by atoms with Gasteiger partial charge in [0, 0.05) is 0 Å². The zero-order valence-corrected chi connectivity index (χ0v) is 16.6. The number of amides is 1. The standard InChI is InChI=1S/C4H3N2OS.2Rb/c1-5-4(7)3-8-6(5)2;;/h1-3H;;/q-1;2*+1. The molecule has 0 spiro atoms. The van der Waals surface area contributed by atoms with E-state index in [1.54, 1.807) is 0 Å². The molecule has 0 aromatic carbocycles. The maximum atomic E-state index is 10.4. The van der Waals surface area contributed by atoms with Crippen LogP contribution in [0.3, 0.4) is 0 Å². The van der Waals surface area contributed by atoms with Crippen molar-refractivity contribution in [3.63, 3.8) is 0 Å². The van der Waals surface area contributed by atoms with Crippen LogP contribution in [0.1, 0.15) is 0 Å². The first-order valence-electron chi connectivity index (χ1n) is 1.85. The molecule has 0 atom stereocenters. The number of carbonyl (C=O) groups is 1. The monoisotopic (exact) mass is 297 g/mol. The Balaban J connectivity index is 0. The second kappa shape index (κ2) is 7.64. The molecule has 0 aromatic heterocycles. The molecule has 4 radical (unpaired) electrons. The summed E-state index contributed by atoms with van der Waals surface area (Å²) in [6.45, 7) is 0. The molecular formula is C4H3N2ORb2S+. The molecule has 1 saturated heterocycles. The van der Waals surface area contributed by atoms with E-state index in [0.29, 0.717) is 0 Å². The van der Waals surface area contributed by atoms with Gasteiger partial charge in [0.05, 0.1) is 14.1 Å². The summed E-state index contributed by atoms with van der Waals surface area (Å²) in [5.41, 5.74) is 0. The largest absolute Gasteiger partial charge is 1.00 e. The van der Waals surface area contributed by atoms with Crippen LogP contribution in [-0.4, -0.2) is 15.3 Å². The Bertz CT molecular complexity index is 124. The van der Waals surface area contributed by atoms with Crippen molar-refractivity contribution >= 4 is 17.9 Å². The van der Waals surface area contributed by atoms with Gasteiger partial charge in [0.1, 0.15) is 5.91 Å². The van der Waals surface area contributed by atoms with Crippen LogP contribution < -0.4 is 116 Å². The second-order valence-electron chi connectivity index (χ2n) is 1.21. The maximum absolute atomic E-state index is 10.4. The second-order valence-corrected chi connectivity index (χ2v) is 2.03. The summed E-state index contributed by atoms with van der Waals surface area (Å²) in [5.74, 6) is 1.03. The quantitative estimate of drug-likeness (QED) is 0.329. The van der Waals surface area contributed by atoms with E-state index in [0.717, 1.165) is 21.4 Å². The summed E-state index contributed by atoms with van der Waals surface area (Å²) in [4.78, 5) is 10.4. The molecule has 0 aromatic rings. The summed E-state index contributed by atoms with van der Waals surface area (Å²) in [6, 6.07) is 0. The van der Waals surface area contributed by atoms with Crippen LogP contribution in [0.2, 0.25) is 0 Å². The van der Waals surface area contributed by atoms with Gasteiger partial charge < -0.3 is 4.79 Å². The van der Waals surface area contributed by atoms with Gasteiger partial charge >= 0.3 is 116 Å². The normalized spacial score (nSPS) is 17.4. The molecule has 10 heavy (non-hydrogen) atoms. The predicted octanol–water partition coefficient (Wildman–Crippen LogP) is -5.80. The molecule has 1 rings (SSSR count). The molecule has 1 aliphatic rings. The third-order valence-corrected chi connectivity index (χ3v) is 1.40. The van der Waals surface area contributed by atoms with Crippen molar-refractivity contribution in [1.29, 1.82) is 0 Å². The van der Waals surface area contributed by atoms with E-state index in [2.05, 4.69) is 0 Å². The van der Waals surface area contributed by atoms with Gasteiger partial charge in [-0.15, -0.1) is 0 Å². The molecule has 0 aliphatic carbocycles. The van der Waals surface area contributed by atoms with E-state index in [9.17, 15) is 4.79 Å². The van der Waals surface area contributed by atoms with Crippen molar-refractivity contribution in [2.75, 3.05) is 0 Å². The summed E-state index contributed by atoms with van der Waals surface area (Å²) >= 11 is 1.05. The minimum atomic E-state index is -0.294. The fourth-order valence-electron chi connectivity index (χ4n) is 0.301. The fraction of sp³-hybridized carbons (Fsp3) is 0. The number of rotatable bonds is 0. The first kappa shape index (κ1) is 15.7. The van der Waals surface area contributed by atoms with Crippen LogP contribution >= 0.6 is 11.9 Å². The number of hydrogen-bond acceptors (Lipinski definition) is 3. The molecule has 0 bridgehead atoms. The third kappa shape index (κ3) is 4.48. The van der Waals surface area contributed by atoms with Crippen molar-refractivity contribution in [3.05, 3.63) is 19.8 Å². The van der Waals surface area contributed by atoms with E-state index < -0.39 is 0 Å². The molecular weight excluding hydrogens is 295 g/mol. The zero-order valence-electron chi connectivity index (χ0n) is 5.94. The van der Waals surface area contributed by atoms with Crippen molar-refractivity contribution in [2.45, 2.75) is 0 Å². The molecule has 0 N–H and O–H groups in total. The predicted molar refractivity (Wildman–Crippen MR) is 29.2 cm³/mol. The molecule has 1 aliphatic heterocycles. The number of hydrazine groups is 1. The topological polar surface area (TPSA) is 23.6 Å². The van der Waals surface area contributed by atoms with Crippen molar-refractivity contribution < 1.29 is 121 Å². The molecule has 6 heteroatoms. The zero-order chi connectivity index (χ0) is 6.15. The average molecular weight is 298 g/mol. The Morgan fingerprint density at radius 2 is 1.90 bits per heavy atom. The van der Waals surface area contributed by atoms with Gasteiger partial charge in [0.2, 0.25) is 0 Å². The van der Waals surface area contributed by atoms with Gasteiger partial charge in [-0.1, -0.05) is 0 Å². The Morgan fingerprint density at radius 1 is 1.40 bits per heavy atom. The van der Waals surface area contributed by atoms with Crippen molar-refractivity contribution in [3.8, 4) is 0 Å². The van der Waals surface area contributed by atoms with E-state index in [1.807, 2.05) is 0 Å². The molecule has 1 fully saturated rings. The number of carbonyl (C=O) groups excluding carboxylic acids is 1. The van der Waals surface area contributed by atoms with Gasteiger partial charge in [-0.25, -0.2) is 17.7 Å². The van der Waals surface area contributed by atoms with Crippen LogP contribution in [0, 0.1) is 19.8 Å². The first-order valence-corrected chi connectivity index (χ1v) is 2.69. The van der Waals surface area contributed by atoms with Gasteiger partial charge in [0.25, 0.3) is 0 Å². The van der Waals surface area contributed by atoms with E-state index >= 15 is 0 Å². The summed E-state index contributed by atoms with van der Waals surface area (Å²) < 4.78 is 1.04. The van der Waals surface area contributed by atoms with E-state index in [-0.39, 0.29) is 122 Å². The molecule has 0 unspecified atom stereocenters. The Kier molecular flexibility index (Phi) is 12.0. The van der Waals surface area contributed by atoms with Crippen LogP contribution in [0.4, 0.5) is 0 Å².